The van der Waals surface area contributed by atoms with Gasteiger partial charge in [-0.15, -0.1) is 6.58 Å². The molecule has 1 amide bonds. The van der Waals surface area contributed by atoms with Gasteiger partial charge in [0, 0.05) is 39.7 Å². The van der Waals surface area contributed by atoms with Crippen molar-refractivity contribution in [3.8, 4) is 16.9 Å². The highest BCUT2D eigenvalue weighted by Gasteiger charge is 2.15. The molecule has 1 N–H and O–H groups in total. The Hall–Kier alpha value is -2.79. The molecule has 144 valence electrons. The van der Waals surface area contributed by atoms with Gasteiger partial charge >= 0.3 is 0 Å². The number of carbonyl (C=O) groups excluding carboxylic acids is 1. The first-order valence-corrected chi connectivity index (χ1v) is 9.84. The van der Waals surface area contributed by atoms with Crippen LogP contribution < -0.4 is 10.1 Å². The highest BCUT2D eigenvalue weighted by Crippen LogP contribution is 2.38. The standard InChI is InChI=1S/C23H22BrNO3/c1-4-9-25-23(26)10-15(3)18-12-19-20(16-7-6-8-17(24)11-16)14-28-22(19)13-21(18)27-5-2/h4,6-8,10-14H,1,5,9H2,2-3H3,(H,25,26)/b15-10+. The number of carbonyl (C=O) groups is 1. The van der Waals surface area contributed by atoms with Crippen molar-refractivity contribution in [3.63, 3.8) is 0 Å². The third-order valence-corrected chi connectivity index (χ3v) is 4.80. The molecule has 0 radical (unpaired) electrons. The number of halogens is 1. The van der Waals surface area contributed by atoms with E-state index in [-0.39, 0.29) is 5.91 Å². The minimum absolute atomic E-state index is 0.167. The zero-order valence-corrected chi connectivity index (χ0v) is 17.5. The maximum atomic E-state index is 12.1. The third kappa shape index (κ3) is 4.37. The highest BCUT2D eigenvalue weighted by atomic mass is 79.9. The molecule has 4 nitrogen and oxygen atoms in total. The molecule has 1 aromatic heterocycles. The summed E-state index contributed by atoms with van der Waals surface area (Å²) in [6.45, 7) is 8.39. The molecule has 2 aromatic carbocycles. The number of furan rings is 1. The number of hydrogen-bond acceptors (Lipinski definition) is 3. The van der Waals surface area contributed by atoms with Crippen molar-refractivity contribution in [2.24, 2.45) is 0 Å². The number of nitrogens with one attached hydrogen (secondary N) is 1. The van der Waals surface area contributed by atoms with Crippen LogP contribution in [0.5, 0.6) is 5.75 Å². The Morgan fingerprint density at radius 3 is 2.86 bits per heavy atom. The number of fused-ring (bicyclic) bond motifs is 1. The fraction of sp³-hybridized carbons (Fsp3) is 0.174. The summed E-state index contributed by atoms with van der Waals surface area (Å²) in [5, 5.41) is 3.73. The fourth-order valence-corrected chi connectivity index (χ4v) is 3.42. The smallest absolute Gasteiger partial charge is 0.244 e. The van der Waals surface area contributed by atoms with Gasteiger partial charge in [-0.2, -0.15) is 0 Å². The molecule has 0 spiro atoms. The molecule has 0 fully saturated rings. The van der Waals surface area contributed by atoms with E-state index in [1.165, 1.54) is 0 Å². The van der Waals surface area contributed by atoms with Crippen LogP contribution in [0.4, 0.5) is 0 Å². The molecule has 0 saturated heterocycles. The normalized spacial score (nSPS) is 11.5. The van der Waals surface area contributed by atoms with Gasteiger partial charge in [-0.1, -0.05) is 34.1 Å². The lowest BCUT2D eigenvalue weighted by atomic mass is 9.99. The third-order valence-electron chi connectivity index (χ3n) is 4.30. The molecule has 3 rings (SSSR count). The molecular formula is C23H22BrNO3. The van der Waals surface area contributed by atoms with E-state index < -0.39 is 0 Å². The van der Waals surface area contributed by atoms with Gasteiger partial charge in [0.25, 0.3) is 0 Å². The number of benzene rings is 2. The average Bonchev–Trinajstić information content (AvgIpc) is 3.08. The Labute approximate surface area is 173 Å². The minimum atomic E-state index is -0.167. The molecule has 0 aliphatic heterocycles. The number of rotatable bonds is 7. The number of ether oxygens (including phenoxy) is 1. The Bertz CT molecular complexity index is 1050. The maximum absolute atomic E-state index is 12.1. The molecule has 0 aliphatic carbocycles. The fourth-order valence-electron chi connectivity index (χ4n) is 3.02. The monoisotopic (exact) mass is 439 g/mol. The Balaban J connectivity index is 2.11. The van der Waals surface area contributed by atoms with Crippen molar-refractivity contribution >= 4 is 38.4 Å². The van der Waals surface area contributed by atoms with Crippen molar-refractivity contribution in [1.29, 1.82) is 0 Å². The second-order valence-electron chi connectivity index (χ2n) is 6.30. The second kappa shape index (κ2) is 8.93. The molecule has 0 atom stereocenters. The van der Waals surface area contributed by atoms with Gasteiger partial charge in [-0.25, -0.2) is 0 Å². The molecule has 28 heavy (non-hydrogen) atoms. The predicted octanol–water partition coefficient (Wildman–Crippen LogP) is 5.97. The molecule has 0 saturated carbocycles. The first kappa shape index (κ1) is 20.0. The Morgan fingerprint density at radius 2 is 2.14 bits per heavy atom. The summed E-state index contributed by atoms with van der Waals surface area (Å²) < 4.78 is 12.6. The summed E-state index contributed by atoms with van der Waals surface area (Å²) in [6, 6.07) is 12.0. The van der Waals surface area contributed by atoms with Crippen molar-refractivity contribution in [2.45, 2.75) is 13.8 Å². The summed E-state index contributed by atoms with van der Waals surface area (Å²) in [5.74, 6) is 0.523. The summed E-state index contributed by atoms with van der Waals surface area (Å²) in [5.41, 5.74) is 4.46. The zero-order chi connectivity index (χ0) is 20.1. The van der Waals surface area contributed by atoms with E-state index in [1.807, 2.05) is 50.2 Å². The van der Waals surface area contributed by atoms with E-state index >= 15 is 0 Å². The van der Waals surface area contributed by atoms with E-state index in [0.29, 0.717) is 18.9 Å². The van der Waals surface area contributed by atoms with E-state index in [4.69, 9.17) is 9.15 Å². The van der Waals surface area contributed by atoms with Crippen molar-refractivity contribution in [3.05, 3.63) is 71.4 Å². The summed E-state index contributed by atoms with van der Waals surface area (Å²) in [6.07, 6.45) is 4.97. The molecule has 3 aromatic rings. The van der Waals surface area contributed by atoms with Gasteiger partial charge in [0.15, 0.2) is 0 Å². The molecule has 1 heterocycles. The van der Waals surface area contributed by atoms with Crippen molar-refractivity contribution in [2.75, 3.05) is 13.2 Å². The van der Waals surface area contributed by atoms with Gasteiger partial charge < -0.3 is 14.5 Å². The number of amides is 1. The first-order chi connectivity index (χ1) is 13.5. The van der Waals surface area contributed by atoms with Crippen LogP contribution in [0.1, 0.15) is 19.4 Å². The lowest BCUT2D eigenvalue weighted by molar-refractivity contribution is -0.116. The van der Waals surface area contributed by atoms with Gasteiger partial charge in [-0.05, 0) is 43.2 Å². The van der Waals surface area contributed by atoms with Crippen LogP contribution in [0, 0.1) is 0 Å². The number of hydrogen-bond donors (Lipinski definition) is 1. The van der Waals surface area contributed by atoms with Crippen LogP contribution in [0.2, 0.25) is 0 Å². The average molecular weight is 440 g/mol. The lowest BCUT2D eigenvalue weighted by Gasteiger charge is -2.11. The van der Waals surface area contributed by atoms with Gasteiger partial charge in [0.2, 0.25) is 5.91 Å². The largest absolute Gasteiger partial charge is 0.493 e. The quantitative estimate of drug-likeness (QED) is 0.364. The SMILES string of the molecule is C=CCNC(=O)/C=C(\C)c1cc2c(-c3cccc(Br)c3)coc2cc1OCC. The van der Waals surface area contributed by atoms with E-state index in [1.54, 1.807) is 18.4 Å². The molecule has 0 aliphatic rings. The Morgan fingerprint density at radius 1 is 1.32 bits per heavy atom. The number of allylic oxidation sites excluding steroid dienone is 1. The zero-order valence-electron chi connectivity index (χ0n) is 15.9. The molecule has 5 heteroatoms. The topological polar surface area (TPSA) is 51.5 Å². The van der Waals surface area contributed by atoms with E-state index in [2.05, 4.69) is 27.8 Å². The van der Waals surface area contributed by atoms with Crippen LogP contribution in [-0.2, 0) is 4.79 Å². The molecule has 0 bridgehead atoms. The molecular weight excluding hydrogens is 418 g/mol. The van der Waals surface area contributed by atoms with Crippen LogP contribution in [0.3, 0.4) is 0 Å². The van der Waals surface area contributed by atoms with Crippen LogP contribution in [-0.4, -0.2) is 19.1 Å². The van der Waals surface area contributed by atoms with E-state index in [0.717, 1.165) is 37.7 Å². The van der Waals surface area contributed by atoms with Crippen LogP contribution in [0.15, 0.2) is 70.3 Å². The predicted molar refractivity (Wildman–Crippen MR) is 117 cm³/mol. The van der Waals surface area contributed by atoms with Gasteiger partial charge in [0.05, 0.1) is 12.9 Å². The van der Waals surface area contributed by atoms with Crippen molar-refractivity contribution < 1.29 is 13.9 Å². The summed E-state index contributed by atoms with van der Waals surface area (Å²) in [7, 11) is 0. The van der Waals surface area contributed by atoms with E-state index in [9.17, 15) is 4.79 Å². The Kier molecular flexibility index (Phi) is 6.37. The van der Waals surface area contributed by atoms with Gasteiger partial charge in [0.1, 0.15) is 11.3 Å². The van der Waals surface area contributed by atoms with Gasteiger partial charge in [-0.3, -0.25) is 4.79 Å². The summed E-state index contributed by atoms with van der Waals surface area (Å²) in [4.78, 5) is 12.1. The second-order valence-corrected chi connectivity index (χ2v) is 7.21. The van der Waals surface area contributed by atoms with Crippen molar-refractivity contribution in [1.82, 2.24) is 5.32 Å². The maximum Gasteiger partial charge on any atom is 0.244 e. The first-order valence-electron chi connectivity index (χ1n) is 9.04. The summed E-state index contributed by atoms with van der Waals surface area (Å²) >= 11 is 3.52. The molecule has 0 unspecified atom stereocenters. The minimum Gasteiger partial charge on any atom is -0.493 e. The van der Waals surface area contributed by atoms with Crippen LogP contribution >= 0.6 is 15.9 Å². The highest BCUT2D eigenvalue weighted by molar-refractivity contribution is 9.10. The van der Waals surface area contributed by atoms with Crippen LogP contribution in [0.25, 0.3) is 27.7 Å². The lowest BCUT2D eigenvalue weighted by Crippen LogP contribution is -2.20.